The van der Waals surface area contributed by atoms with E-state index in [1.165, 1.54) is 84.8 Å². The average Bonchev–Trinajstić information content (AvgIpc) is 2.72. The van der Waals surface area contributed by atoms with Crippen LogP contribution in [0.15, 0.2) is 6.08 Å². The molecule has 0 spiro atoms. The minimum atomic E-state index is 0.00518. The molecular weight excluding hydrogens is 364 g/mol. The van der Waals surface area contributed by atoms with Crippen molar-refractivity contribution < 1.29 is 19.7 Å². The monoisotopic (exact) mass is 406 g/mol. The Morgan fingerprint density at radius 1 is 0.690 bits per heavy atom. The molecule has 0 saturated carbocycles. The lowest BCUT2D eigenvalue weighted by Crippen LogP contribution is -1.95. The minimum Gasteiger partial charge on any atom is -0.504 e. The van der Waals surface area contributed by atoms with E-state index in [-0.39, 0.29) is 23.0 Å². The maximum absolute atomic E-state index is 10.4. The molecule has 0 aliphatic heterocycles. The summed E-state index contributed by atoms with van der Waals surface area (Å²) in [6, 6.07) is 0. The highest BCUT2D eigenvalue weighted by molar-refractivity contribution is 5.74. The van der Waals surface area contributed by atoms with Crippen LogP contribution in [0.3, 0.4) is 0 Å². The minimum absolute atomic E-state index is 0.00518. The Morgan fingerprint density at radius 2 is 1.17 bits per heavy atom. The Balaban J connectivity index is 2.28. The van der Waals surface area contributed by atoms with Gasteiger partial charge in [-0.2, -0.15) is 0 Å². The van der Waals surface area contributed by atoms with E-state index in [1.807, 2.05) is 12.2 Å². The fraction of sp³-hybridized carbons (Fsp3) is 0.680. The van der Waals surface area contributed by atoms with Gasteiger partial charge in [0.2, 0.25) is 0 Å². The Labute approximate surface area is 177 Å². The fourth-order valence-electron chi connectivity index (χ4n) is 3.73. The molecule has 1 rings (SSSR count). The topological polar surface area (TPSA) is 58.9 Å². The van der Waals surface area contributed by atoms with Gasteiger partial charge < -0.3 is 19.7 Å². The van der Waals surface area contributed by atoms with E-state index in [2.05, 4.69) is 6.92 Å². The number of ether oxygens (including phenoxy) is 2. The lowest BCUT2D eigenvalue weighted by atomic mass is 10.0. The van der Waals surface area contributed by atoms with Crippen molar-refractivity contribution in [1.29, 1.82) is 0 Å². The molecule has 0 aliphatic rings. The number of phenols is 2. The molecule has 0 bridgehead atoms. The summed E-state index contributed by atoms with van der Waals surface area (Å²) in [6.45, 7) is 3.96. The number of allylic oxidation sites excluding steroid dienone is 1. The van der Waals surface area contributed by atoms with Crippen molar-refractivity contribution in [2.45, 2.75) is 97.3 Å². The van der Waals surface area contributed by atoms with Gasteiger partial charge in [0.05, 0.1) is 19.8 Å². The maximum Gasteiger partial charge on any atom is 0.171 e. The molecule has 166 valence electrons. The third kappa shape index (κ3) is 8.59. The van der Waals surface area contributed by atoms with Crippen LogP contribution in [0.2, 0.25) is 0 Å². The Hall–Kier alpha value is -1.84. The van der Waals surface area contributed by atoms with Gasteiger partial charge in [-0.1, -0.05) is 89.7 Å². The second-order valence-electron chi connectivity index (χ2n) is 7.88. The number of rotatable bonds is 16. The summed E-state index contributed by atoms with van der Waals surface area (Å²) >= 11 is 0. The van der Waals surface area contributed by atoms with Crippen molar-refractivity contribution in [2.24, 2.45) is 0 Å². The van der Waals surface area contributed by atoms with Gasteiger partial charge in [-0.15, -0.1) is 0 Å². The standard InChI is InChI=1S/C25H42O4/c1-5-6-7-8-9-10-11-12-13-14-15-16-17-18-19-21-23(27)24(28-3)20(2)22(26)25(21)29-4/h18-19,26-27H,5-17H2,1-4H3/b19-18+. The van der Waals surface area contributed by atoms with Gasteiger partial charge >= 0.3 is 0 Å². The Kier molecular flexibility index (Phi) is 13.1. The van der Waals surface area contributed by atoms with Crippen molar-refractivity contribution in [3.63, 3.8) is 0 Å². The number of aromatic hydroxyl groups is 2. The Bertz CT molecular complexity index is 608. The third-order valence-electron chi connectivity index (χ3n) is 5.54. The summed E-state index contributed by atoms with van der Waals surface area (Å²) in [5, 5.41) is 20.7. The van der Waals surface area contributed by atoms with E-state index in [9.17, 15) is 10.2 Å². The molecule has 29 heavy (non-hydrogen) atoms. The largest absolute Gasteiger partial charge is 0.504 e. The molecule has 0 heterocycles. The molecule has 0 radical (unpaired) electrons. The molecule has 0 amide bonds. The highest BCUT2D eigenvalue weighted by atomic mass is 16.5. The second kappa shape index (κ2) is 15.1. The van der Waals surface area contributed by atoms with E-state index in [1.54, 1.807) is 6.92 Å². The van der Waals surface area contributed by atoms with Crippen LogP contribution in [0.5, 0.6) is 23.0 Å². The van der Waals surface area contributed by atoms with Crippen molar-refractivity contribution in [1.82, 2.24) is 0 Å². The smallest absolute Gasteiger partial charge is 0.171 e. The predicted octanol–water partition coefficient (Wildman–Crippen LogP) is 7.53. The number of benzene rings is 1. The van der Waals surface area contributed by atoms with Crippen molar-refractivity contribution in [3.05, 3.63) is 17.2 Å². The van der Waals surface area contributed by atoms with Gasteiger partial charge in [0.25, 0.3) is 0 Å². The normalized spacial score (nSPS) is 11.3. The summed E-state index contributed by atoms with van der Waals surface area (Å²) in [4.78, 5) is 0. The molecule has 1 aromatic rings. The van der Waals surface area contributed by atoms with Crippen LogP contribution in [-0.4, -0.2) is 24.4 Å². The van der Waals surface area contributed by atoms with Crippen molar-refractivity contribution in [2.75, 3.05) is 14.2 Å². The molecule has 0 saturated heterocycles. The van der Waals surface area contributed by atoms with E-state index >= 15 is 0 Å². The van der Waals surface area contributed by atoms with Crippen LogP contribution in [0.1, 0.15) is 102 Å². The first-order valence-corrected chi connectivity index (χ1v) is 11.4. The van der Waals surface area contributed by atoms with Crippen molar-refractivity contribution >= 4 is 6.08 Å². The lowest BCUT2D eigenvalue weighted by molar-refractivity contribution is 0.342. The lowest BCUT2D eigenvalue weighted by Gasteiger charge is -2.16. The molecule has 1 aromatic carbocycles. The second-order valence-corrected chi connectivity index (χ2v) is 7.88. The van der Waals surface area contributed by atoms with Gasteiger partial charge in [0.15, 0.2) is 23.0 Å². The van der Waals surface area contributed by atoms with Gasteiger partial charge in [-0.3, -0.25) is 0 Å². The van der Waals surface area contributed by atoms with Crippen LogP contribution in [0.25, 0.3) is 6.08 Å². The first kappa shape index (κ1) is 25.2. The number of hydrogen-bond acceptors (Lipinski definition) is 4. The summed E-state index contributed by atoms with van der Waals surface area (Å²) in [5.41, 5.74) is 0.936. The maximum atomic E-state index is 10.4. The zero-order chi connectivity index (χ0) is 21.5. The van der Waals surface area contributed by atoms with E-state index in [4.69, 9.17) is 9.47 Å². The Morgan fingerprint density at radius 3 is 1.66 bits per heavy atom. The fourth-order valence-corrected chi connectivity index (χ4v) is 3.73. The van der Waals surface area contributed by atoms with Crippen LogP contribution in [0, 0.1) is 6.92 Å². The van der Waals surface area contributed by atoms with E-state index in [0.29, 0.717) is 11.1 Å². The highest BCUT2D eigenvalue weighted by Crippen LogP contribution is 2.47. The summed E-state index contributed by atoms with van der Waals surface area (Å²) in [6.07, 6.45) is 20.8. The number of methoxy groups -OCH3 is 2. The number of hydrogen-bond donors (Lipinski definition) is 2. The van der Waals surface area contributed by atoms with Gasteiger partial charge in [0.1, 0.15) is 0 Å². The van der Waals surface area contributed by atoms with Crippen LogP contribution < -0.4 is 9.47 Å². The zero-order valence-electron chi connectivity index (χ0n) is 19.1. The average molecular weight is 407 g/mol. The van der Waals surface area contributed by atoms with Crippen LogP contribution in [0.4, 0.5) is 0 Å². The summed E-state index contributed by atoms with van der Waals surface area (Å²) in [5.74, 6) is 0.581. The van der Waals surface area contributed by atoms with Crippen molar-refractivity contribution in [3.8, 4) is 23.0 Å². The molecule has 0 fully saturated rings. The number of unbranched alkanes of at least 4 members (excludes halogenated alkanes) is 12. The first-order chi connectivity index (χ1) is 14.1. The molecule has 0 unspecified atom stereocenters. The van der Waals surface area contributed by atoms with Crippen LogP contribution >= 0.6 is 0 Å². The number of phenolic OH excluding ortho intramolecular Hbond substituents is 2. The molecule has 2 N–H and O–H groups in total. The van der Waals surface area contributed by atoms with Gasteiger partial charge in [-0.05, 0) is 19.8 Å². The van der Waals surface area contributed by atoms with Gasteiger partial charge in [-0.25, -0.2) is 0 Å². The van der Waals surface area contributed by atoms with Gasteiger partial charge in [0, 0.05) is 5.56 Å². The van der Waals surface area contributed by atoms with Crippen LogP contribution in [-0.2, 0) is 0 Å². The first-order valence-electron chi connectivity index (χ1n) is 11.4. The zero-order valence-corrected chi connectivity index (χ0v) is 19.1. The van der Waals surface area contributed by atoms with E-state index in [0.717, 1.165) is 12.8 Å². The molecular formula is C25H42O4. The third-order valence-corrected chi connectivity index (χ3v) is 5.54. The quantitative estimate of drug-likeness (QED) is 0.220. The van der Waals surface area contributed by atoms with E-state index < -0.39 is 0 Å². The summed E-state index contributed by atoms with van der Waals surface area (Å²) < 4.78 is 10.5. The molecule has 4 nitrogen and oxygen atoms in total. The molecule has 4 heteroatoms. The molecule has 0 aromatic heterocycles. The predicted molar refractivity (Wildman–Crippen MR) is 122 cm³/mol. The highest BCUT2D eigenvalue weighted by Gasteiger charge is 2.21. The summed E-state index contributed by atoms with van der Waals surface area (Å²) in [7, 11) is 2.97. The molecule has 0 atom stereocenters. The SMILES string of the molecule is CCCCCCCCCCCCCC/C=C/c1c(O)c(OC)c(C)c(O)c1OC. The molecule has 0 aliphatic carbocycles.